The second-order valence-corrected chi connectivity index (χ2v) is 7.24. The highest BCUT2D eigenvalue weighted by Gasteiger charge is 2.12. The van der Waals surface area contributed by atoms with E-state index in [1.807, 2.05) is 24.3 Å². The van der Waals surface area contributed by atoms with Gasteiger partial charge in [0.1, 0.15) is 11.3 Å². The van der Waals surface area contributed by atoms with E-state index in [0.717, 1.165) is 5.56 Å². The number of hydrogen-bond donors (Lipinski definition) is 1. The van der Waals surface area contributed by atoms with Gasteiger partial charge in [-0.15, -0.1) is 0 Å². The standard InChI is InChI=1S/C22H16Cl2N2O3/c1-28-17-8-4-14(5-9-17)22(27)25-16-6-2-13(3-7-16)10-20-26-19-12-15(23)11-18(24)21(19)29-20/h2-9,11-12H,10H2,1H3,(H,25,27). The zero-order valence-electron chi connectivity index (χ0n) is 15.4. The SMILES string of the molecule is COc1ccc(C(=O)Nc2ccc(Cc3nc4cc(Cl)cc(Cl)c4o3)cc2)cc1. The van der Waals surface area contributed by atoms with Gasteiger partial charge in [-0.3, -0.25) is 4.79 Å². The summed E-state index contributed by atoms with van der Waals surface area (Å²) >= 11 is 12.2. The summed E-state index contributed by atoms with van der Waals surface area (Å²) in [6.07, 6.45) is 0.495. The number of carbonyl (C=O) groups excluding carboxylic acids is 1. The highest BCUT2D eigenvalue weighted by Crippen LogP contribution is 2.29. The van der Waals surface area contributed by atoms with Crippen LogP contribution in [0, 0.1) is 0 Å². The Bertz CT molecular complexity index is 1170. The van der Waals surface area contributed by atoms with E-state index in [1.165, 1.54) is 0 Å². The molecule has 0 aliphatic carbocycles. The summed E-state index contributed by atoms with van der Waals surface area (Å²) in [5, 5.41) is 3.82. The van der Waals surface area contributed by atoms with Crippen LogP contribution >= 0.6 is 23.2 Å². The molecule has 0 atom stereocenters. The Morgan fingerprint density at radius 1 is 1.07 bits per heavy atom. The lowest BCUT2D eigenvalue weighted by Gasteiger charge is -2.07. The molecule has 29 heavy (non-hydrogen) atoms. The van der Waals surface area contributed by atoms with Crippen molar-refractivity contribution in [1.82, 2.24) is 4.98 Å². The largest absolute Gasteiger partial charge is 0.497 e. The number of hydrogen-bond acceptors (Lipinski definition) is 4. The van der Waals surface area contributed by atoms with Crippen molar-refractivity contribution in [2.45, 2.75) is 6.42 Å². The number of methoxy groups -OCH3 is 1. The molecule has 4 aromatic rings. The predicted molar refractivity (Wildman–Crippen MR) is 114 cm³/mol. The first kappa shape index (κ1) is 19.3. The third-order valence-corrected chi connectivity index (χ3v) is 4.87. The van der Waals surface area contributed by atoms with Crippen LogP contribution in [0.25, 0.3) is 11.1 Å². The molecular formula is C22H16Cl2N2O3. The first-order valence-electron chi connectivity index (χ1n) is 8.80. The average Bonchev–Trinajstić information content (AvgIpc) is 3.12. The van der Waals surface area contributed by atoms with Crippen molar-refractivity contribution in [3.05, 3.63) is 87.7 Å². The molecule has 0 bridgehead atoms. The fourth-order valence-electron chi connectivity index (χ4n) is 2.91. The van der Waals surface area contributed by atoms with Crippen molar-refractivity contribution in [1.29, 1.82) is 0 Å². The van der Waals surface area contributed by atoms with Crippen molar-refractivity contribution in [2.75, 3.05) is 12.4 Å². The number of nitrogens with zero attached hydrogens (tertiary/aromatic N) is 1. The quantitative estimate of drug-likeness (QED) is 0.425. The van der Waals surface area contributed by atoms with Gasteiger partial charge < -0.3 is 14.5 Å². The van der Waals surface area contributed by atoms with Crippen LogP contribution in [-0.4, -0.2) is 18.0 Å². The number of benzene rings is 3. The summed E-state index contributed by atoms with van der Waals surface area (Å²) in [4.78, 5) is 16.8. The lowest BCUT2D eigenvalue weighted by atomic mass is 10.1. The van der Waals surface area contributed by atoms with Gasteiger partial charge in [-0.2, -0.15) is 0 Å². The maximum absolute atomic E-state index is 12.3. The summed E-state index contributed by atoms with van der Waals surface area (Å²) in [5.41, 5.74) is 3.38. The lowest BCUT2D eigenvalue weighted by molar-refractivity contribution is 0.102. The number of nitrogens with one attached hydrogen (secondary N) is 1. The zero-order valence-corrected chi connectivity index (χ0v) is 16.9. The van der Waals surface area contributed by atoms with Gasteiger partial charge in [0.2, 0.25) is 0 Å². The third-order valence-electron chi connectivity index (χ3n) is 4.37. The summed E-state index contributed by atoms with van der Waals surface area (Å²) in [6, 6.07) is 17.8. The number of aromatic nitrogens is 1. The molecule has 1 aromatic heterocycles. The number of anilines is 1. The molecule has 0 aliphatic heterocycles. The van der Waals surface area contributed by atoms with Crippen molar-refractivity contribution in [3.63, 3.8) is 0 Å². The second-order valence-electron chi connectivity index (χ2n) is 6.40. The molecule has 0 saturated heterocycles. The van der Waals surface area contributed by atoms with Gasteiger partial charge in [-0.25, -0.2) is 4.98 Å². The van der Waals surface area contributed by atoms with Gasteiger partial charge in [0.05, 0.1) is 12.1 Å². The molecule has 3 aromatic carbocycles. The molecule has 4 rings (SSSR count). The molecule has 7 heteroatoms. The van der Waals surface area contributed by atoms with Crippen LogP contribution in [0.2, 0.25) is 10.0 Å². The van der Waals surface area contributed by atoms with Crippen molar-refractivity contribution >= 4 is 45.9 Å². The van der Waals surface area contributed by atoms with E-state index < -0.39 is 0 Å². The minimum Gasteiger partial charge on any atom is -0.497 e. The molecule has 0 saturated carbocycles. The van der Waals surface area contributed by atoms with Gasteiger partial charge in [0.25, 0.3) is 5.91 Å². The minimum atomic E-state index is -0.189. The van der Waals surface area contributed by atoms with E-state index in [2.05, 4.69) is 10.3 Å². The Labute approximate surface area is 177 Å². The van der Waals surface area contributed by atoms with Crippen LogP contribution in [0.1, 0.15) is 21.8 Å². The number of ether oxygens (including phenoxy) is 1. The number of fused-ring (bicyclic) bond motifs is 1. The van der Waals surface area contributed by atoms with Crippen LogP contribution in [0.5, 0.6) is 5.75 Å². The van der Waals surface area contributed by atoms with Crippen LogP contribution < -0.4 is 10.1 Å². The molecule has 0 spiro atoms. The Morgan fingerprint density at radius 3 is 2.48 bits per heavy atom. The Balaban J connectivity index is 1.45. The molecule has 5 nitrogen and oxygen atoms in total. The van der Waals surface area contributed by atoms with Crippen LogP contribution in [0.15, 0.2) is 65.1 Å². The molecule has 146 valence electrons. The summed E-state index contributed by atoms with van der Waals surface area (Å²) in [5.74, 6) is 1.05. The first-order chi connectivity index (χ1) is 14.0. The Kier molecular flexibility index (Phi) is 5.43. The molecule has 0 unspecified atom stereocenters. The molecule has 1 amide bonds. The van der Waals surface area contributed by atoms with Crippen molar-refractivity contribution < 1.29 is 13.9 Å². The van der Waals surface area contributed by atoms with Crippen molar-refractivity contribution in [3.8, 4) is 5.75 Å². The van der Waals surface area contributed by atoms with Crippen LogP contribution in [0.3, 0.4) is 0 Å². The lowest BCUT2D eigenvalue weighted by Crippen LogP contribution is -2.11. The fourth-order valence-corrected chi connectivity index (χ4v) is 3.43. The summed E-state index contributed by atoms with van der Waals surface area (Å²) in [6.45, 7) is 0. The number of carbonyl (C=O) groups is 1. The van der Waals surface area contributed by atoms with Gasteiger partial charge >= 0.3 is 0 Å². The number of rotatable bonds is 5. The van der Waals surface area contributed by atoms with E-state index in [-0.39, 0.29) is 5.91 Å². The minimum absolute atomic E-state index is 0.189. The van der Waals surface area contributed by atoms with Crippen LogP contribution in [0.4, 0.5) is 5.69 Å². The Hall–Kier alpha value is -3.02. The average molecular weight is 427 g/mol. The maximum Gasteiger partial charge on any atom is 0.255 e. The third kappa shape index (κ3) is 4.36. The zero-order chi connectivity index (χ0) is 20.4. The second kappa shape index (κ2) is 8.15. The topological polar surface area (TPSA) is 64.4 Å². The van der Waals surface area contributed by atoms with Gasteiger partial charge in [-0.05, 0) is 54.1 Å². The van der Waals surface area contributed by atoms with Gasteiger partial charge in [0.15, 0.2) is 11.5 Å². The van der Waals surface area contributed by atoms with Gasteiger partial charge in [0, 0.05) is 22.7 Å². The molecule has 0 aliphatic rings. The number of oxazole rings is 1. The smallest absolute Gasteiger partial charge is 0.255 e. The normalized spacial score (nSPS) is 10.9. The van der Waals surface area contributed by atoms with E-state index in [4.69, 9.17) is 32.4 Å². The van der Waals surface area contributed by atoms with Crippen LogP contribution in [-0.2, 0) is 6.42 Å². The number of amides is 1. The van der Waals surface area contributed by atoms with Crippen molar-refractivity contribution in [2.24, 2.45) is 0 Å². The maximum atomic E-state index is 12.3. The molecule has 0 fully saturated rings. The van der Waals surface area contributed by atoms with E-state index in [1.54, 1.807) is 43.5 Å². The van der Waals surface area contributed by atoms with E-state index in [9.17, 15) is 4.79 Å². The molecular weight excluding hydrogens is 411 g/mol. The highest BCUT2D eigenvalue weighted by atomic mass is 35.5. The van der Waals surface area contributed by atoms with Gasteiger partial charge in [-0.1, -0.05) is 35.3 Å². The highest BCUT2D eigenvalue weighted by molar-refractivity contribution is 6.37. The molecule has 1 N–H and O–H groups in total. The monoisotopic (exact) mass is 426 g/mol. The molecule has 0 radical (unpaired) electrons. The molecule has 1 heterocycles. The first-order valence-corrected chi connectivity index (χ1v) is 9.56. The van der Waals surface area contributed by atoms with E-state index in [0.29, 0.717) is 50.5 Å². The Morgan fingerprint density at radius 2 is 1.79 bits per heavy atom. The number of halogens is 2. The van der Waals surface area contributed by atoms with E-state index >= 15 is 0 Å². The predicted octanol–water partition coefficient (Wildman–Crippen LogP) is 5.99. The summed E-state index contributed by atoms with van der Waals surface area (Å²) in [7, 11) is 1.58. The summed E-state index contributed by atoms with van der Waals surface area (Å²) < 4.78 is 10.8. The fraction of sp³-hybridized carbons (Fsp3) is 0.0909.